The normalized spacial score (nSPS) is 20.1. The molecular weight excluding hydrogens is 518 g/mol. The van der Waals surface area contributed by atoms with Gasteiger partial charge >= 0.3 is 0 Å². The van der Waals surface area contributed by atoms with Crippen LogP contribution < -0.4 is 10.1 Å². The average molecular weight is 552 g/mol. The first-order valence-electron chi connectivity index (χ1n) is 11.1. The van der Waals surface area contributed by atoms with Crippen molar-refractivity contribution in [2.45, 2.75) is 45.2 Å². The molecule has 0 spiro atoms. The van der Waals surface area contributed by atoms with E-state index >= 15 is 0 Å². The standard InChI is InChI=1S/C23H31ClN6O.3ClH/c1-15-19(16-9-21(31-4)22-20(24)12-26-29(22)13-16)11-27-30(15)18-5-7-28(8-6-18)14-17-10-25-23(17,2)3;;;/h9,11-13,17-18,25H,5-8,10,14H2,1-4H3;3*1H. The number of fused-ring (bicyclic) bond motifs is 1. The number of nitrogens with zero attached hydrogens (tertiary/aromatic N) is 5. The van der Waals surface area contributed by atoms with E-state index in [2.05, 4.69) is 40.8 Å². The first kappa shape index (κ1) is 29.0. The third kappa shape index (κ3) is 5.15. The Bertz CT molecular complexity index is 1110. The molecule has 0 amide bonds. The Labute approximate surface area is 224 Å². The fraction of sp³-hybridized carbons (Fsp3) is 0.565. The van der Waals surface area contributed by atoms with E-state index in [4.69, 9.17) is 21.4 Å². The number of pyridine rings is 1. The van der Waals surface area contributed by atoms with Crippen LogP contribution in [0, 0.1) is 12.8 Å². The molecule has 3 aromatic heterocycles. The van der Waals surface area contributed by atoms with Gasteiger partial charge in [-0.15, -0.1) is 37.2 Å². The number of likely N-dealkylation sites (tertiary alicyclic amines) is 1. The SMILES string of the molecule is COc1cc(-c2cnn(C3CCN(CC4CNC4(C)C)CC3)c2C)cn2ncc(Cl)c12.Cl.Cl.Cl. The minimum absolute atomic E-state index is 0. The zero-order chi connectivity index (χ0) is 21.8. The number of ether oxygens (including phenoxy) is 1. The fourth-order valence-electron chi connectivity index (χ4n) is 5.03. The summed E-state index contributed by atoms with van der Waals surface area (Å²) >= 11 is 6.28. The van der Waals surface area contributed by atoms with Crippen molar-refractivity contribution in [2.75, 3.05) is 33.3 Å². The van der Waals surface area contributed by atoms with Crippen LogP contribution in [-0.2, 0) is 0 Å². The van der Waals surface area contributed by atoms with E-state index in [0.717, 1.165) is 55.0 Å². The van der Waals surface area contributed by atoms with E-state index in [-0.39, 0.29) is 42.8 Å². The Morgan fingerprint density at radius 3 is 2.44 bits per heavy atom. The van der Waals surface area contributed by atoms with Crippen molar-refractivity contribution in [2.24, 2.45) is 5.92 Å². The Balaban J connectivity index is 0.00000136. The topological polar surface area (TPSA) is 59.6 Å². The molecule has 1 N–H and O–H groups in total. The quantitative estimate of drug-likeness (QED) is 0.480. The van der Waals surface area contributed by atoms with Gasteiger partial charge in [-0.1, -0.05) is 11.6 Å². The minimum Gasteiger partial charge on any atom is -0.494 e. The second kappa shape index (κ2) is 11.2. The van der Waals surface area contributed by atoms with E-state index in [1.54, 1.807) is 17.8 Å². The molecule has 2 fully saturated rings. The highest BCUT2D eigenvalue weighted by Gasteiger charge is 2.39. The van der Waals surface area contributed by atoms with Gasteiger partial charge in [0.15, 0.2) is 0 Å². The summed E-state index contributed by atoms with van der Waals surface area (Å²) in [4.78, 5) is 2.63. The Morgan fingerprint density at radius 1 is 1.15 bits per heavy atom. The summed E-state index contributed by atoms with van der Waals surface area (Å²) in [5, 5.41) is 13.3. The van der Waals surface area contributed by atoms with Crippen molar-refractivity contribution >= 4 is 54.3 Å². The van der Waals surface area contributed by atoms with E-state index in [9.17, 15) is 0 Å². The third-order valence-corrected chi connectivity index (χ3v) is 7.59. The number of halogens is 4. The molecule has 0 radical (unpaired) electrons. The lowest BCUT2D eigenvalue weighted by Crippen LogP contribution is -2.64. The van der Waals surface area contributed by atoms with Crippen LogP contribution in [-0.4, -0.2) is 63.1 Å². The Morgan fingerprint density at radius 2 is 1.85 bits per heavy atom. The summed E-state index contributed by atoms with van der Waals surface area (Å²) in [7, 11) is 1.66. The maximum Gasteiger partial charge on any atom is 0.146 e. The van der Waals surface area contributed by atoms with E-state index in [1.165, 1.54) is 12.2 Å². The molecule has 1 atom stereocenters. The highest BCUT2D eigenvalue weighted by molar-refractivity contribution is 6.34. The van der Waals surface area contributed by atoms with Crippen molar-refractivity contribution in [3.05, 3.63) is 35.4 Å². The van der Waals surface area contributed by atoms with Gasteiger partial charge in [0.1, 0.15) is 11.3 Å². The molecule has 0 aliphatic carbocycles. The molecule has 7 nitrogen and oxygen atoms in total. The van der Waals surface area contributed by atoms with Gasteiger partial charge in [0.2, 0.25) is 0 Å². The van der Waals surface area contributed by atoms with Crippen LogP contribution in [0.4, 0.5) is 0 Å². The van der Waals surface area contributed by atoms with Gasteiger partial charge in [-0.2, -0.15) is 10.2 Å². The predicted octanol–water partition coefficient (Wildman–Crippen LogP) is 5.07. The zero-order valence-corrected chi connectivity index (χ0v) is 23.2. The summed E-state index contributed by atoms with van der Waals surface area (Å²) in [6.07, 6.45) is 7.89. The van der Waals surface area contributed by atoms with Crippen LogP contribution in [0.25, 0.3) is 16.6 Å². The van der Waals surface area contributed by atoms with Crippen molar-refractivity contribution in [3.8, 4) is 16.9 Å². The molecule has 2 aliphatic rings. The van der Waals surface area contributed by atoms with Crippen molar-refractivity contribution < 1.29 is 4.74 Å². The highest BCUT2D eigenvalue weighted by atomic mass is 35.5. The number of piperidine rings is 1. The Hall–Kier alpha value is -1.22. The Kier molecular flexibility index (Phi) is 9.58. The number of hydrogen-bond donors (Lipinski definition) is 1. The molecule has 1 unspecified atom stereocenters. The monoisotopic (exact) mass is 550 g/mol. The molecule has 190 valence electrons. The molecule has 0 bridgehead atoms. The number of rotatable bonds is 5. The summed E-state index contributed by atoms with van der Waals surface area (Å²) < 4.78 is 9.58. The van der Waals surface area contributed by atoms with Crippen molar-refractivity contribution in [1.82, 2.24) is 29.6 Å². The van der Waals surface area contributed by atoms with Gasteiger partial charge in [0.25, 0.3) is 0 Å². The van der Waals surface area contributed by atoms with Crippen molar-refractivity contribution in [1.29, 1.82) is 0 Å². The third-order valence-electron chi connectivity index (χ3n) is 7.31. The fourth-order valence-corrected chi connectivity index (χ4v) is 5.26. The zero-order valence-electron chi connectivity index (χ0n) is 20.0. The molecule has 3 aromatic rings. The summed E-state index contributed by atoms with van der Waals surface area (Å²) in [5.74, 6) is 1.47. The van der Waals surface area contributed by atoms with E-state index in [1.807, 2.05) is 18.5 Å². The molecule has 34 heavy (non-hydrogen) atoms. The van der Waals surface area contributed by atoms with Crippen LogP contribution in [0.15, 0.2) is 24.7 Å². The summed E-state index contributed by atoms with van der Waals surface area (Å²) in [5.41, 5.74) is 4.39. The maximum absolute atomic E-state index is 6.28. The largest absolute Gasteiger partial charge is 0.494 e. The van der Waals surface area contributed by atoms with Crippen LogP contribution >= 0.6 is 48.8 Å². The number of hydrogen-bond acceptors (Lipinski definition) is 5. The smallest absolute Gasteiger partial charge is 0.146 e. The molecule has 2 aliphatic heterocycles. The first-order valence-corrected chi connectivity index (χ1v) is 11.5. The average Bonchev–Trinajstić information content (AvgIpc) is 3.34. The molecule has 0 saturated carbocycles. The van der Waals surface area contributed by atoms with Crippen LogP contribution in [0.5, 0.6) is 5.75 Å². The molecule has 5 rings (SSSR count). The van der Waals surface area contributed by atoms with Gasteiger partial charge in [-0.25, -0.2) is 4.52 Å². The van der Waals surface area contributed by atoms with Crippen LogP contribution in [0.1, 0.15) is 38.4 Å². The molecular formula is C23H34Cl4N6O. The molecule has 2 saturated heterocycles. The van der Waals surface area contributed by atoms with Gasteiger partial charge in [-0.05, 0) is 39.7 Å². The number of aromatic nitrogens is 4. The lowest BCUT2D eigenvalue weighted by molar-refractivity contribution is 0.0699. The summed E-state index contributed by atoms with van der Waals surface area (Å²) in [6, 6.07) is 2.47. The first-order chi connectivity index (χ1) is 14.9. The lowest BCUT2D eigenvalue weighted by atomic mass is 9.79. The van der Waals surface area contributed by atoms with Crippen molar-refractivity contribution in [3.63, 3.8) is 0 Å². The second-order valence-corrected chi connectivity index (χ2v) is 9.91. The summed E-state index contributed by atoms with van der Waals surface area (Å²) in [6.45, 7) is 11.4. The van der Waals surface area contributed by atoms with E-state index in [0.29, 0.717) is 16.8 Å². The van der Waals surface area contributed by atoms with Gasteiger partial charge in [0.05, 0.1) is 30.6 Å². The number of nitrogens with one attached hydrogen (secondary N) is 1. The molecule has 0 aromatic carbocycles. The molecule has 11 heteroatoms. The minimum atomic E-state index is 0. The van der Waals surface area contributed by atoms with E-state index < -0.39 is 0 Å². The lowest BCUT2D eigenvalue weighted by Gasteiger charge is -2.48. The van der Waals surface area contributed by atoms with Crippen LogP contribution in [0.3, 0.4) is 0 Å². The predicted molar refractivity (Wildman–Crippen MR) is 145 cm³/mol. The molecule has 5 heterocycles. The van der Waals surface area contributed by atoms with Crippen LogP contribution in [0.2, 0.25) is 5.02 Å². The van der Waals surface area contributed by atoms with Gasteiger partial charge in [-0.3, -0.25) is 4.68 Å². The number of methoxy groups -OCH3 is 1. The maximum atomic E-state index is 6.28. The van der Waals surface area contributed by atoms with Gasteiger partial charge < -0.3 is 15.0 Å². The highest BCUT2D eigenvalue weighted by Crippen LogP contribution is 2.35. The second-order valence-electron chi connectivity index (χ2n) is 9.50. The van der Waals surface area contributed by atoms with Gasteiger partial charge in [0, 0.05) is 60.7 Å².